The lowest BCUT2D eigenvalue weighted by Gasteiger charge is -2.58. The Labute approximate surface area is 122 Å². The molecule has 7 nitrogen and oxygen atoms in total. The molecule has 7 heteroatoms. The van der Waals surface area contributed by atoms with Crippen molar-refractivity contribution in [2.75, 3.05) is 6.61 Å². The van der Waals surface area contributed by atoms with Crippen molar-refractivity contribution in [1.29, 1.82) is 0 Å². The maximum absolute atomic E-state index is 12.2. The zero-order chi connectivity index (χ0) is 15.8. The van der Waals surface area contributed by atoms with Gasteiger partial charge in [0.2, 0.25) is 5.76 Å². The molecule has 21 heavy (non-hydrogen) atoms. The highest BCUT2D eigenvalue weighted by Gasteiger charge is 2.66. The molecule has 2 unspecified atom stereocenters. The number of carboxylic acids is 1. The van der Waals surface area contributed by atoms with E-state index in [9.17, 15) is 14.7 Å². The molecular weight excluding hydrogens is 276 g/mol. The summed E-state index contributed by atoms with van der Waals surface area (Å²) in [6.45, 7) is 7.59. The van der Waals surface area contributed by atoms with Gasteiger partial charge in [0, 0.05) is 24.5 Å². The lowest BCUT2D eigenvalue weighted by atomic mass is 9.54. The summed E-state index contributed by atoms with van der Waals surface area (Å²) in [7, 11) is 0. The Balaban J connectivity index is 2.22. The number of aryl methyl sites for hydroxylation is 1. The quantitative estimate of drug-likeness (QED) is 0.851. The molecule has 1 heterocycles. The predicted molar refractivity (Wildman–Crippen MR) is 72.9 cm³/mol. The summed E-state index contributed by atoms with van der Waals surface area (Å²) in [6, 6.07) is 1.47. The minimum Gasteiger partial charge on any atom is -0.479 e. The summed E-state index contributed by atoms with van der Waals surface area (Å²) in [5.74, 6) is -1.65. The van der Waals surface area contributed by atoms with Gasteiger partial charge in [-0.15, -0.1) is 0 Å². The Hall–Kier alpha value is -1.89. The molecule has 1 aromatic heterocycles. The summed E-state index contributed by atoms with van der Waals surface area (Å²) in [5.41, 5.74) is -1.53. The molecule has 1 aliphatic carbocycles. The Morgan fingerprint density at radius 3 is 2.67 bits per heavy atom. The van der Waals surface area contributed by atoms with E-state index in [1.807, 2.05) is 6.92 Å². The van der Waals surface area contributed by atoms with Crippen LogP contribution in [0.15, 0.2) is 10.6 Å². The molecule has 116 valence electrons. The molecule has 2 atom stereocenters. The van der Waals surface area contributed by atoms with Gasteiger partial charge in [0.25, 0.3) is 5.91 Å². The molecule has 1 aliphatic rings. The van der Waals surface area contributed by atoms with Gasteiger partial charge in [-0.25, -0.2) is 4.79 Å². The van der Waals surface area contributed by atoms with Gasteiger partial charge >= 0.3 is 5.97 Å². The van der Waals surface area contributed by atoms with E-state index in [1.165, 1.54) is 6.07 Å². The highest BCUT2D eigenvalue weighted by molar-refractivity contribution is 5.96. The predicted octanol–water partition coefficient (Wildman–Crippen LogP) is 1.37. The van der Waals surface area contributed by atoms with E-state index in [4.69, 9.17) is 9.26 Å². The van der Waals surface area contributed by atoms with Crippen molar-refractivity contribution in [2.45, 2.75) is 45.8 Å². The average molecular weight is 296 g/mol. The second kappa shape index (κ2) is 5.14. The number of nitrogens with one attached hydrogen (secondary N) is 1. The van der Waals surface area contributed by atoms with Crippen LogP contribution >= 0.6 is 0 Å². The topological polar surface area (TPSA) is 102 Å². The van der Waals surface area contributed by atoms with Gasteiger partial charge in [0.15, 0.2) is 0 Å². The molecule has 1 saturated carbocycles. The van der Waals surface area contributed by atoms with E-state index in [2.05, 4.69) is 10.5 Å². The van der Waals surface area contributed by atoms with Crippen LogP contribution < -0.4 is 5.32 Å². The van der Waals surface area contributed by atoms with Crippen molar-refractivity contribution in [3.63, 3.8) is 0 Å². The van der Waals surface area contributed by atoms with Crippen molar-refractivity contribution in [1.82, 2.24) is 10.5 Å². The van der Waals surface area contributed by atoms with Gasteiger partial charge in [0.1, 0.15) is 5.54 Å². The Kier molecular flexibility index (Phi) is 3.79. The lowest BCUT2D eigenvalue weighted by Crippen LogP contribution is -2.76. The number of rotatable bonds is 5. The second-order valence-electron chi connectivity index (χ2n) is 5.87. The number of ether oxygens (including phenoxy) is 1. The molecule has 1 fully saturated rings. The number of amides is 1. The molecule has 2 N–H and O–H groups in total. The van der Waals surface area contributed by atoms with Crippen molar-refractivity contribution in [2.24, 2.45) is 5.41 Å². The number of carbonyl (C=O) groups excluding carboxylic acids is 1. The van der Waals surface area contributed by atoms with E-state index < -0.39 is 22.8 Å². The normalized spacial score (nSPS) is 27.0. The average Bonchev–Trinajstić information content (AvgIpc) is 2.83. The highest BCUT2D eigenvalue weighted by atomic mass is 16.5. The smallest absolute Gasteiger partial charge is 0.330 e. The van der Waals surface area contributed by atoms with Crippen LogP contribution in [0.2, 0.25) is 0 Å². The van der Waals surface area contributed by atoms with Gasteiger partial charge in [-0.1, -0.05) is 19.0 Å². The van der Waals surface area contributed by atoms with Crippen LogP contribution in [-0.4, -0.2) is 40.4 Å². The summed E-state index contributed by atoms with van der Waals surface area (Å²) in [5, 5.41) is 15.8. The van der Waals surface area contributed by atoms with Crippen molar-refractivity contribution in [3.05, 3.63) is 17.5 Å². The summed E-state index contributed by atoms with van der Waals surface area (Å²) in [6.07, 6.45) is 0.0116. The number of nitrogens with zero attached hydrogens (tertiary/aromatic N) is 1. The first-order valence-electron chi connectivity index (χ1n) is 6.85. The zero-order valence-electron chi connectivity index (χ0n) is 12.6. The fraction of sp³-hybridized carbons (Fsp3) is 0.643. The molecule has 0 saturated heterocycles. The molecule has 2 rings (SSSR count). The van der Waals surface area contributed by atoms with Crippen LogP contribution in [-0.2, 0) is 9.53 Å². The van der Waals surface area contributed by atoms with Crippen LogP contribution in [0.1, 0.15) is 43.4 Å². The molecule has 0 radical (unpaired) electrons. The van der Waals surface area contributed by atoms with E-state index >= 15 is 0 Å². The Morgan fingerprint density at radius 1 is 1.57 bits per heavy atom. The van der Waals surface area contributed by atoms with Crippen LogP contribution in [0, 0.1) is 12.3 Å². The number of carboxylic acid groups (broad SMARTS) is 1. The fourth-order valence-electron chi connectivity index (χ4n) is 2.76. The number of aromatic nitrogens is 1. The summed E-state index contributed by atoms with van der Waals surface area (Å²) in [4.78, 5) is 23.9. The molecule has 1 amide bonds. The van der Waals surface area contributed by atoms with Gasteiger partial charge in [-0.05, 0) is 13.8 Å². The van der Waals surface area contributed by atoms with Crippen LogP contribution in [0.3, 0.4) is 0 Å². The minimum absolute atomic E-state index is 0.00350. The van der Waals surface area contributed by atoms with Crippen molar-refractivity contribution in [3.8, 4) is 0 Å². The minimum atomic E-state index is -1.37. The molecule has 0 spiro atoms. The monoisotopic (exact) mass is 296 g/mol. The first kappa shape index (κ1) is 15.5. The number of hydrogen-bond donors (Lipinski definition) is 2. The van der Waals surface area contributed by atoms with Gasteiger partial charge in [-0.2, -0.15) is 0 Å². The van der Waals surface area contributed by atoms with E-state index in [0.717, 1.165) is 0 Å². The molecule has 0 aliphatic heterocycles. The summed E-state index contributed by atoms with van der Waals surface area (Å²) >= 11 is 0. The maximum Gasteiger partial charge on any atom is 0.330 e. The van der Waals surface area contributed by atoms with Crippen molar-refractivity contribution < 1.29 is 24.0 Å². The third kappa shape index (κ3) is 2.31. The molecule has 0 aromatic carbocycles. The standard InChI is InChI=1S/C14H20N2O5/c1-5-20-10-7-14(12(18)19,13(10,3)4)15-11(17)9-6-8(2)16-21-9/h6,10H,5,7H2,1-4H3,(H,15,17)(H,18,19). The van der Waals surface area contributed by atoms with Crippen LogP contribution in [0.25, 0.3) is 0 Å². The van der Waals surface area contributed by atoms with Crippen LogP contribution in [0.4, 0.5) is 0 Å². The Morgan fingerprint density at radius 2 is 2.24 bits per heavy atom. The zero-order valence-corrected chi connectivity index (χ0v) is 12.6. The van der Waals surface area contributed by atoms with Gasteiger partial charge in [-0.3, -0.25) is 4.79 Å². The third-order valence-corrected chi connectivity index (χ3v) is 4.31. The number of aliphatic carboxylic acids is 1. The van der Waals surface area contributed by atoms with Gasteiger partial charge < -0.3 is 19.7 Å². The fourth-order valence-corrected chi connectivity index (χ4v) is 2.76. The SMILES string of the molecule is CCOC1CC(NC(=O)c2cc(C)no2)(C(=O)O)C1(C)C. The van der Waals surface area contributed by atoms with Gasteiger partial charge in [0.05, 0.1) is 11.8 Å². The second-order valence-corrected chi connectivity index (χ2v) is 5.87. The number of hydrogen-bond acceptors (Lipinski definition) is 5. The molecule has 1 aromatic rings. The summed E-state index contributed by atoms with van der Waals surface area (Å²) < 4.78 is 10.4. The van der Waals surface area contributed by atoms with E-state index in [-0.39, 0.29) is 18.3 Å². The molecule has 0 bridgehead atoms. The largest absolute Gasteiger partial charge is 0.479 e. The third-order valence-electron chi connectivity index (χ3n) is 4.31. The van der Waals surface area contributed by atoms with Crippen LogP contribution in [0.5, 0.6) is 0 Å². The first-order chi connectivity index (χ1) is 9.74. The van der Waals surface area contributed by atoms with E-state index in [1.54, 1.807) is 20.8 Å². The first-order valence-corrected chi connectivity index (χ1v) is 6.85. The molecular formula is C14H20N2O5. The lowest BCUT2D eigenvalue weighted by molar-refractivity contribution is -0.190. The highest BCUT2D eigenvalue weighted by Crippen LogP contribution is 2.51. The Bertz CT molecular complexity index is 565. The van der Waals surface area contributed by atoms with Crippen molar-refractivity contribution >= 4 is 11.9 Å². The maximum atomic E-state index is 12.2. The number of carbonyl (C=O) groups is 2. The van der Waals surface area contributed by atoms with E-state index in [0.29, 0.717) is 12.3 Å².